The molecule has 12 atom stereocenters. The number of esters is 2. The first-order valence-electron chi connectivity index (χ1n) is 29.1. The van der Waals surface area contributed by atoms with Crippen molar-refractivity contribution in [3.63, 3.8) is 0 Å². The van der Waals surface area contributed by atoms with Gasteiger partial charge in [-0.05, 0) is 161 Å². The maximum absolute atomic E-state index is 14.4. The Balaban J connectivity index is 0.740. The zero-order valence-corrected chi connectivity index (χ0v) is 50.9. The van der Waals surface area contributed by atoms with Crippen LogP contribution < -0.4 is 18.9 Å². The van der Waals surface area contributed by atoms with E-state index in [1.54, 1.807) is 36.4 Å². The standard InChI is InChI=1S/C60H66Cl4N4O14S2/c1-65(83(75,76)29-33-7-11-37(61)39(63)23-33)41-15-17-59(73)45-25-35-9-13-43(51-47(35)57(59,53(41)81-51)19-21-67(45)27-31-3-4-31)79-55(71)49(69)50(70)56(72)80-44-14-10-36-26-46-60(74)18-16-42(66(2)84(77,78)30-34-8-12-38(62)40(64)24-34)54-58(60,48(36)52(44)82-54)20-22-68(46)28-32-5-6-32/h7-14,23-24,31-32,41-42,45-46,49-50,53-54,69-70,73-74H,3-6,15-22,25-30H2,1-2H3/t41?,42?,45-,46-,49?,50?,53?,54?,57+,58+,59-,60-/m1/s1. The second kappa shape index (κ2) is 20.3. The average molecular weight is 1270 g/mol. The first kappa shape index (κ1) is 57.9. The SMILES string of the molecule is CN(C1CC[C@@]2(O)[C@H]3Cc4ccc(OC(=O)C(O)C(O)C(=O)Oc5ccc6c7c5OC5C(N(C)S(=O)(=O)Cc8ccc(Cl)c(Cl)c8)CC[C@@]8(O)[C@@H](C6)N(CC6CC6)CC[C@]758)c5c4[C@@]2(CCN3CC2CC2)C1O5)S(=O)(=O)Cc1ccc(Cl)c(Cl)c1. The van der Waals surface area contributed by atoms with Crippen molar-refractivity contribution >= 4 is 78.4 Å². The zero-order valence-electron chi connectivity index (χ0n) is 46.3. The van der Waals surface area contributed by atoms with Gasteiger partial charge in [0.2, 0.25) is 20.0 Å². The maximum atomic E-state index is 14.4. The molecule has 6 fully saturated rings. The van der Waals surface area contributed by atoms with Gasteiger partial charge in [0.05, 0.1) is 65.7 Å². The molecule has 0 amide bonds. The third-order valence-corrected chi connectivity index (χ3v) is 26.3. The number of carbonyl (C=O) groups excluding carboxylic acids is 2. The lowest BCUT2D eigenvalue weighted by atomic mass is 9.48. The summed E-state index contributed by atoms with van der Waals surface area (Å²) in [6, 6.07) is 13.7. The Kier molecular flexibility index (Phi) is 14.0. The fourth-order valence-electron chi connectivity index (χ4n) is 16.7. The minimum atomic E-state index is -4.05. The topological polar surface area (TPSA) is 233 Å². The normalized spacial score (nSPS) is 32.5. The van der Waals surface area contributed by atoms with E-state index in [9.17, 15) is 46.9 Å². The van der Waals surface area contributed by atoms with E-state index >= 15 is 0 Å². The number of halogens is 4. The number of aliphatic hydroxyl groups is 4. The maximum Gasteiger partial charge on any atom is 0.343 e. The van der Waals surface area contributed by atoms with Crippen LogP contribution in [0.2, 0.25) is 20.1 Å². The van der Waals surface area contributed by atoms with Crippen molar-refractivity contribution in [1.82, 2.24) is 18.4 Å². The van der Waals surface area contributed by atoms with Crippen LogP contribution in [0.5, 0.6) is 23.0 Å². The lowest BCUT2D eigenvalue weighted by Crippen LogP contribution is -2.78. The number of piperidine rings is 2. The Labute approximate surface area is 507 Å². The first-order chi connectivity index (χ1) is 39.9. The summed E-state index contributed by atoms with van der Waals surface area (Å²) in [4.78, 5) is 33.1. The summed E-state index contributed by atoms with van der Waals surface area (Å²) in [6.07, 6.45) is 0.286. The molecule has 4 aliphatic heterocycles. The highest BCUT2D eigenvalue weighted by molar-refractivity contribution is 7.88. The van der Waals surface area contributed by atoms with Gasteiger partial charge in [-0.25, -0.2) is 26.4 Å². The lowest BCUT2D eigenvalue weighted by Gasteiger charge is -2.64. The predicted octanol–water partition coefficient (Wildman–Crippen LogP) is 6.32. The lowest BCUT2D eigenvalue weighted by molar-refractivity contribution is -0.195. The molecule has 18 nitrogen and oxygen atoms in total. The molecular weight excluding hydrogens is 1210 g/mol. The molecule has 4 heterocycles. The van der Waals surface area contributed by atoms with E-state index < -0.39 is 90.5 Å². The summed E-state index contributed by atoms with van der Waals surface area (Å²) in [6.45, 7) is 2.86. The first-order valence-corrected chi connectivity index (χ1v) is 33.8. The number of nitrogens with zero attached hydrogens (tertiary/aromatic N) is 4. The van der Waals surface area contributed by atoms with Gasteiger partial charge in [-0.2, -0.15) is 8.61 Å². The highest BCUT2D eigenvalue weighted by Crippen LogP contribution is 2.68. The smallest absolute Gasteiger partial charge is 0.343 e. The van der Waals surface area contributed by atoms with Crippen molar-refractivity contribution in [2.75, 3.05) is 40.3 Å². The summed E-state index contributed by atoms with van der Waals surface area (Å²) in [5.74, 6) is -2.67. The van der Waals surface area contributed by atoms with Crippen LogP contribution in [0.25, 0.3) is 0 Å². The van der Waals surface area contributed by atoms with Crippen LogP contribution in [0.1, 0.15) is 97.6 Å². The Bertz CT molecular complexity index is 3440. The van der Waals surface area contributed by atoms with E-state index in [1.807, 2.05) is 0 Å². The molecule has 4 aromatic carbocycles. The number of ether oxygens (including phenoxy) is 4. The quantitative estimate of drug-likeness (QED) is 0.0669. The van der Waals surface area contributed by atoms with Gasteiger partial charge in [0.25, 0.3) is 0 Å². The fraction of sp³-hybridized carbons (Fsp3) is 0.567. The summed E-state index contributed by atoms with van der Waals surface area (Å²) in [5.41, 5.74) is -1.28. The summed E-state index contributed by atoms with van der Waals surface area (Å²) in [5, 5.41) is 50.7. The number of benzene rings is 4. The number of likely N-dealkylation sites (N-methyl/N-ethyl adjacent to an activating group) is 2. The highest BCUT2D eigenvalue weighted by Gasteiger charge is 2.75. The molecule has 84 heavy (non-hydrogen) atoms. The van der Waals surface area contributed by atoms with Crippen LogP contribution in [0.4, 0.5) is 0 Å². The number of sulfonamides is 2. The van der Waals surface area contributed by atoms with Gasteiger partial charge in [-0.15, -0.1) is 0 Å². The van der Waals surface area contributed by atoms with Crippen molar-refractivity contribution in [3.8, 4) is 23.0 Å². The Morgan fingerprint density at radius 2 is 0.988 bits per heavy atom. The van der Waals surface area contributed by atoms with E-state index in [1.165, 1.54) is 47.0 Å². The van der Waals surface area contributed by atoms with Crippen LogP contribution in [-0.4, -0.2) is 168 Å². The molecule has 2 saturated heterocycles. The third-order valence-electron chi connectivity index (χ3n) is 21.1. The number of carbonyl (C=O) groups is 2. The zero-order chi connectivity index (χ0) is 58.9. The molecule has 0 aromatic heterocycles. The minimum Gasteiger partial charge on any atom is -0.483 e. The van der Waals surface area contributed by atoms with Crippen molar-refractivity contribution in [2.24, 2.45) is 11.8 Å². The second-order valence-electron chi connectivity index (χ2n) is 25.5. The molecule has 4 N–H and O–H groups in total. The van der Waals surface area contributed by atoms with Crippen molar-refractivity contribution in [3.05, 3.63) is 114 Å². The largest absolute Gasteiger partial charge is 0.483 e. The number of hydrogen-bond acceptors (Lipinski definition) is 16. The fourth-order valence-corrected chi connectivity index (χ4v) is 20.2. The average Bonchev–Trinajstić information content (AvgIpc) is 1.43. The number of hydrogen-bond donors (Lipinski definition) is 4. The summed E-state index contributed by atoms with van der Waals surface area (Å²) < 4.78 is 85.7. The molecule has 10 aliphatic rings. The molecule has 4 aromatic rings. The molecule has 4 bridgehead atoms. The Morgan fingerprint density at radius 3 is 1.36 bits per heavy atom. The second-order valence-corrected chi connectivity index (χ2v) is 31.2. The van der Waals surface area contributed by atoms with Crippen molar-refractivity contribution < 1.29 is 65.8 Å². The third kappa shape index (κ3) is 8.78. The van der Waals surface area contributed by atoms with Crippen LogP contribution in [-0.2, 0) is 64.8 Å². The Morgan fingerprint density at radius 1 is 0.595 bits per heavy atom. The van der Waals surface area contributed by atoms with E-state index in [0.29, 0.717) is 72.9 Å². The molecule has 24 heteroatoms. The van der Waals surface area contributed by atoms with Crippen LogP contribution in [0.15, 0.2) is 60.7 Å². The molecule has 4 saturated carbocycles. The van der Waals surface area contributed by atoms with Crippen LogP contribution in [0, 0.1) is 11.8 Å². The van der Waals surface area contributed by atoms with Gasteiger partial charge in [0.1, 0.15) is 12.2 Å². The van der Waals surface area contributed by atoms with Crippen molar-refractivity contribution in [2.45, 2.75) is 159 Å². The molecule has 450 valence electrons. The monoisotopic (exact) mass is 1270 g/mol. The summed E-state index contributed by atoms with van der Waals surface area (Å²) >= 11 is 24.9. The molecule has 14 rings (SSSR count). The number of likely N-dealkylation sites (tertiary alicyclic amines) is 2. The van der Waals surface area contributed by atoms with Gasteiger partial charge in [0, 0.05) is 50.4 Å². The highest BCUT2D eigenvalue weighted by atomic mass is 35.5. The number of rotatable bonds is 17. The van der Waals surface area contributed by atoms with E-state index in [-0.39, 0.29) is 92.4 Å². The van der Waals surface area contributed by atoms with Gasteiger partial charge < -0.3 is 39.4 Å². The predicted molar refractivity (Wildman–Crippen MR) is 311 cm³/mol. The van der Waals surface area contributed by atoms with Crippen LogP contribution in [0.3, 0.4) is 0 Å². The molecule has 0 radical (unpaired) electrons. The van der Waals surface area contributed by atoms with E-state index in [2.05, 4.69) is 9.80 Å². The van der Waals surface area contributed by atoms with Crippen molar-refractivity contribution in [1.29, 1.82) is 0 Å². The van der Waals surface area contributed by atoms with E-state index in [4.69, 9.17) is 65.4 Å². The number of aliphatic hydroxyl groups excluding tert-OH is 2. The Hall–Kier alpha value is -3.84. The van der Waals surface area contributed by atoms with Gasteiger partial charge in [0.15, 0.2) is 35.2 Å². The minimum absolute atomic E-state index is 0.103. The molecule has 6 unspecified atom stereocenters. The van der Waals surface area contributed by atoms with E-state index in [0.717, 1.165) is 49.9 Å². The van der Waals surface area contributed by atoms with Gasteiger partial charge in [-0.1, -0.05) is 70.7 Å². The van der Waals surface area contributed by atoms with Gasteiger partial charge in [-0.3, -0.25) is 9.80 Å². The summed E-state index contributed by atoms with van der Waals surface area (Å²) in [7, 11) is -5.11. The van der Waals surface area contributed by atoms with Gasteiger partial charge >= 0.3 is 11.9 Å². The molecule has 2 spiro atoms. The molecular formula is C60H66Cl4N4O14S2. The molecule has 6 aliphatic carbocycles. The van der Waals surface area contributed by atoms with Crippen LogP contribution >= 0.6 is 46.4 Å².